The minimum atomic E-state index is -3.47. The highest BCUT2D eigenvalue weighted by Crippen LogP contribution is 2.22. The fourth-order valence-electron chi connectivity index (χ4n) is 2.50. The molecule has 23 heavy (non-hydrogen) atoms. The zero-order valence-electron chi connectivity index (χ0n) is 13.4. The molecule has 128 valence electrons. The average molecular weight is 341 g/mol. The Morgan fingerprint density at radius 3 is 2.57 bits per heavy atom. The molecule has 2 N–H and O–H groups in total. The lowest BCUT2D eigenvalue weighted by Gasteiger charge is -2.30. The van der Waals surface area contributed by atoms with Crippen LogP contribution in [0.3, 0.4) is 0 Å². The Morgan fingerprint density at radius 2 is 1.91 bits per heavy atom. The number of anilines is 1. The molecular weight excluding hydrogens is 318 g/mol. The number of nitrogens with one attached hydrogen (secondary N) is 2. The van der Waals surface area contributed by atoms with Crippen LogP contribution in [0, 0.1) is 0 Å². The Labute approximate surface area is 137 Å². The Morgan fingerprint density at radius 1 is 1.22 bits per heavy atom. The van der Waals surface area contributed by atoms with E-state index in [4.69, 9.17) is 4.74 Å². The van der Waals surface area contributed by atoms with Crippen molar-refractivity contribution in [3.05, 3.63) is 30.3 Å². The lowest BCUT2D eigenvalue weighted by Crippen LogP contribution is -2.45. The van der Waals surface area contributed by atoms with E-state index in [0.717, 1.165) is 23.6 Å². The first-order valence-corrected chi connectivity index (χ1v) is 9.03. The second-order valence-corrected chi connectivity index (χ2v) is 7.70. The number of hydrogen-bond acceptors (Lipinski definition) is 4. The minimum absolute atomic E-state index is 0.217. The summed E-state index contributed by atoms with van der Waals surface area (Å²) in [6.07, 6.45) is 1.97. The predicted octanol–water partition coefficient (Wildman–Crippen LogP) is 1.94. The van der Waals surface area contributed by atoms with Gasteiger partial charge in [-0.15, -0.1) is 0 Å². The molecular formula is C15H23N3O4S. The van der Waals surface area contributed by atoms with Gasteiger partial charge in [-0.2, -0.15) is 17.4 Å². The third kappa shape index (κ3) is 5.49. The topological polar surface area (TPSA) is 87.7 Å². The van der Waals surface area contributed by atoms with Gasteiger partial charge in [0.2, 0.25) is 0 Å². The van der Waals surface area contributed by atoms with E-state index in [1.54, 1.807) is 12.1 Å². The van der Waals surface area contributed by atoms with Crippen molar-refractivity contribution in [3.8, 4) is 0 Å². The lowest BCUT2D eigenvalue weighted by atomic mass is 9.94. The molecule has 1 saturated carbocycles. The van der Waals surface area contributed by atoms with E-state index < -0.39 is 16.3 Å². The first kappa shape index (κ1) is 17.7. The highest BCUT2D eigenvalue weighted by atomic mass is 32.2. The van der Waals surface area contributed by atoms with Crippen molar-refractivity contribution in [1.29, 1.82) is 0 Å². The van der Waals surface area contributed by atoms with Gasteiger partial charge < -0.3 is 4.74 Å². The number of ether oxygens (including phenoxy) is 1. The second-order valence-electron chi connectivity index (χ2n) is 5.79. The first-order chi connectivity index (χ1) is 10.9. The van der Waals surface area contributed by atoms with Gasteiger partial charge in [-0.05, 0) is 31.4 Å². The molecule has 0 saturated heterocycles. The Balaban J connectivity index is 1.85. The summed E-state index contributed by atoms with van der Waals surface area (Å²) in [4.78, 5) is 11.9. The van der Waals surface area contributed by atoms with Gasteiger partial charge >= 0.3 is 6.09 Å². The summed E-state index contributed by atoms with van der Waals surface area (Å²) < 4.78 is 32.9. The van der Waals surface area contributed by atoms with Crippen molar-refractivity contribution >= 4 is 22.0 Å². The molecule has 8 heteroatoms. The Hall–Kier alpha value is -1.64. The minimum Gasteiger partial charge on any atom is -0.446 e. The molecule has 0 unspecified atom stereocenters. The van der Waals surface area contributed by atoms with E-state index in [1.807, 2.05) is 18.2 Å². The summed E-state index contributed by atoms with van der Waals surface area (Å²) >= 11 is 0. The maximum absolute atomic E-state index is 11.9. The molecule has 1 aromatic carbocycles. The molecule has 1 aliphatic carbocycles. The van der Waals surface area contributed by atoms with Gasteiger partial charge in [0, 0.05) is 32.2 Å². The first-order valence-electron chi connectivity index (χ1n) is 7.59. The van der Waals surface area contributed by atoms with Gasteiger partial charge in [0.05, 0.1) is 0 Å². The van der Waals surface area contributed by atoms with E-state index in [2.05, 4.69) is 10.0 Å². The van der Waals surface area contributed by atoms with Crippen molar-refractivity contribution in [2.24, 2.45) is 0 Å². The Kier molecular flexibility index (Phi) is 5.97. The summed E-state index contributed by atoms with van der Waals surface area (Å²) in [6, 6.07) is 8.83. The third-order valence-corrected chi connectivity index (χ3v) is 5.31. The number of nitrogens with zero attached hydrogens (tertiary/aromatic N) is 1. The number of carbonyl (C=O) groups is 1. The van der Waals surface area contributed by atoms with Crippen LogP contribution in [0.1, 0.15) is 25.7 Å². The molecule has 1 aliphatic rings. The van der Waals surface area contributed by atoms with Gasteiger partial charge in [-0.3, -0.25) is 5.32 Å². The number of benzene rings is 1. The van der Waals surface area contributed by atoms with Gasteiger partial charge in [0.1, 0.15) is 6.10 Å². The standard InChI is InChI=1S/C15H23N3O4S/c1-18(2)23(20,21)17-13-9-6-10-14(11-13)22-15(19)16-12-7-4-3-5-8-12/h3-5,7-8,13-14,17H,6,9-11H2,1-2H3,(H,16,19)/t13-,14+/m0/s1. The molecule has 0 aromatic heterocycles. The number of hydrogen-bond donors (Lipinski definition) is 2. The van der Waals surface area contributed by atoms with E-state index in [9.17, 15) is 13.2 Å². The molecule has 1 amide bonds. The number of amides is 1. The van der Waals surface area contributed by atoms with Crippen LogP contribution in [0.5, 0.6) is 0 Å². The predicted molar refractivity (Wildman–Crippen MR) is 88.3 cm³/mol. The molecule has 0 bridgehead atoms. The fraction of sp³-hybridized carbons (Fsp3) is 0.533. The van der Waals surface area contributed by atoms with E-state index in [1.165, 1.54) is 14.1 Å². The van der Waals surface area contributed by atoms with E-state index in [-0.39, 0.29) is 12.1 Å². The van der Waals surface area contributed by atoms with Crippen molar-refractivity contribution in [2.75, 3.05) is 19.4 Å². The van der Waals surface area contributed by atoms with Crippen LogP contribution >= 0.6 is 0 Å². The molecule has 2 rings (SSSR count). The summed E-state index contributed by atoms with van der Waals surface area (Å²) in [7, 11) is -0.514. The molecule has 0 radical (unpaired) electrons. The molecule has 1 aromatic rings. The maximum Gasteiger partial charge on any atom is 0.411 e. The van der Waals surface area contributed by atoms with Crippen LogP contribution in [-0.4, -0.2) is 45.1 Å². The third-order valence-electron chi connectivity index (χ3n) is 3.72. The largest absolute Gasteiger partial charge is 0.446 e. The summed E-state index contributed by atoms with van der Waals surface area (Å²) in [5.41, 5.74) is 0.665. The lowest BCUT2D eigenvalue weighted by molar-refractivity contribution is 0.0791. The monoisotopic (exact) mass is 341 g/mol. The summed E-state index contributed by atoms with van der Waals surface area (Å²) in [5.74, 6) is 0. The van der Waals surface area contributed by atoms with Gasteiger partial charge in [0.25, 0.3) is 10.2 Å². The van der Waals surface area contributed by atoms with E-state index >= 15 is 0 Å². The molecule has 0 spiro atoms. The fourth-order valence-corrected chi connectivity index (χ4v) is 3.34. The normalized spacial score (nSPS) is 21.9. The molecule has 0 aliphatic heterocycles. The smallest absolute Gasteiger partial charge is 0.411 e. The van der Waals surface area contributed by atoms with Crippen LogP contribution in [0.2, 0.25) is 0 Å². The molecule has 2 atom stereocenters. The van der Waals surface area contributed by atoms with Crippen molar-refractivity contribution in [1.82, 2.24) is 9.03 Å². The van der Waals surface area contributed by atoms with Crippen molar-refractivity contribution in [2.45, 2.75) is 37.8 Å². The summed E-state index contributed by atoms with van der Waals surface area (Å²) in [5, 5.41) is 2.66. The SMILES string of the molecule is CN(C)S(=O)(=O)N[C@H]1CCC[C@@H](OC(=O)Nc2ccccc2)C1. The second kappa shape index (κ2) is 7.76. The average Bonchev–Trinajstić information content (AvgIpc) is 2.47. The van der Waals surface area contributed by atoms with Crippen LogP contribution in [0.15, 0.2) is 30.3 Å². The van der Waals surface area contributed by atoms with Crippen molar-refractivity contribution < 1.29 is 17.9 Å². The maximum atomic E-state index is 11.9. The summed E-state index contributed by atoms with van der Waals surface area (Å²) in [6.45, 7) is 0. The van der Waals surface area contributed by atoms with Gasteiger partial charge in [-0.25, -0.2) is 4.79 Å². The zero-order chi connectivity index (χ0) is 16.9. The van der Waals surface area contributed by atoms with Crippen LogP contribution < -0.4 is 10.0 Å². The number of rotatable bonds is 5. The van der Waals surface area contributed by atoms with Gasteiger partial charge in [-0.1, -0.05) is 18.2 Å². The number of carbonyl (C=O) groups excluding carboxylic acids is 1. The highest BCUT2D eigenvalue weighted by molar-refractivity contribution is 7.87. The Bertz CT molecular complexity index is 619. The highest BCUT2D eigenvalue weighted by Gasteiger charge is 2.28. The zero-order valence-corrected chi connectivity index (χ0v) is 14.2. The molecule has 1 fully saturated rings. The number of para-hydroxylation sites is 1. The van der Waals surface area contributed by atoms with Crippen LogP contribution in [0.4, 0.5) is 10.5 Å². The van der Waals surface area contributed by atoms with E-state index in [0.29, 0.717) is 12.1 Å². The molecule has 0 heterocycles. The quantitative estimate of drug-likeness (QED) is 0.857. The molecule has 7 nitrogen and oxygen atoms in total. The van der Waals surface area contributed by atoms with Crippen LogP contribution in [-0.2, 0) is 14.9 Å². The van der Waals surface area contributed by atoms with Crippen LogP contribution in [0.25, 0.3) is 0 Å². The van der Waals surface area contributed by atoms with Gasteiger partial charge in [0.15, 0.2) is 0 Å². The van der Waals surface area contributed by atoms with Crippen molar-refractivity contribution in [3.63, 3.8) is 0 Å².